The molecule has 1 aliphatic heterocycles. The van der Waals surface area contributed by atoms with Crippen LogP contribution in [-0.4, -0.2) is 50.1 Å². The number of para-hydroxylation sites is 1. The molecule has 4 rings (SSSR count). The lowest BCUT2D eigenvalue weighted by Crippen LogP contribution is -2.91. The molecule has 1 fully saturated rings. The highest BCUT2D eigenvalue weighted by Crippen LogP contribution is 2.39. The Kier molecular flexibility index (Phi) is 5.08. The number of hydrogen-bond donors (Lipinski definition) is 3. The Morgan fingerprint density at radius 1 is 1.27 bits per heavy atom. The molecular formula is C19H22N5O5S+. The number of phenolic OH excluding ortho intramolecular Hbond substituents is 1. The molecular weight excluding hydrogens is 410 g/mol. The third-order valence-corrected chi connectivity index (χ3v) is 5.77. The van der Waals surface area contributed by atoms with Crippen LogP contribution in [0.5, 0.6) is 5.75 Å². The van der Waals surface area contributed by atoms with E-state index in [0.717, 1.165) is 18.6 Å². The maximum atomic E-state index is 12.3. The van der Waals surface area contributed by atoms with E-state index in [4.69, 9.17) is 4.42 Å². The van der Waals surface area contributed by atoms with Crippen LogP contribution < -0.4 is 10.6 Å². The molecule has 1 amide bonds. The number of benzene rings is 1. The van der Waals surface area contributed by atoms with E-state index in [0.29, 0.717) is 5.92 Å². The number of hydrogen-bond acceptors (Lipinski definition) is 6. The number of carbonyl (C=O) groups is 1. The molecule has 10 nitrogen and oxygen atoms in total. The van der Waals surface area contributed by atoms with Crippen LogP contribution in [-0.2, 0) is 10.2 Å². The fraction of sp³-hybridized carbons (Fsp3) is 0.316. The SMILES string of the molecule is CN(C)C(=O)c1cccc(NC2=NS(=O)(=O)N=C2[NH2+]C(c2ccco2)C2CC2)c1O. The summed E-state index contributed by atoms with van der Waals surface area (Å²) in [5.74, 6) is 0.517. The van der Waals surface area contributed by atoms with E-state index >= 15 is 0 Å². The van der Waals surface area contributed by atoms with Crippen molar-refractivity contribution in [3.05, 3.63) is 47.9 Å². The maximum absolute atomic E-state index is 12.3. The summed E-state index contributed by atoms with van der Waals surface area (Å²) >= 11 is 0. The molecule has 2 heterocycles. The predicted molar refractivity (Wildman–Crippen MR) is 110 cm³/mol. The Balaban J connectivity index is 1.62. The first-order valence-corrected chi connectivity index (χ1v) is 10.8. The molecule has 0 spiro atoms. The lowest BCUT2D eigenvalue weighted by molar-refractivity contribution is -0.592. The van der Waals surface area contributed by atoms with E-state index in [1.54, 1.807) is 37.8 Å². The molecule has 1 atom stereocenters. The van der Waals surface area contributed by atoms with Gasteiger partial charge < -0.3 is 19.7 Å². The van der Waals surface area contributed by atoms with Crippen molar-refractivity contribution in [1.82, 2.24) is 4.90 Å². The van der Waals surface area contributed by atoms with Gasteiger partial charge in [0.2, 0.25) is 5.84 Å². The van der Waals surface area contributed by atoms with Gasteiger partial charge in [0.1, 0.15) is 0 Å². The molecule has 0 saturated heterocycles. The van der Waals surface area contributed by atoms with E-state index in [1.165, 1.54) is 17.0 Å². The number of nitrogens with one attached hydrogen (secondary N) is 1. The van der Waals surface area contributed by atoms with Crippen molar-refractivity contribution >= 4 is 33.5 Å². The second-order valence-electron chi connectivity index (χ2n) is 7.44. The Bertz CT molecular complexity index is 1130. The van der Waals surface area contributed by atoms with Crippen LogP contribution in [0.4, 0.5) is 5.69 Å². The summed E-state index contributed by atoms with van der Waals surface area (Å²) in [5, 5.41) is 15.1. The zero-order valence-corrected chi connectivity index (χ0v) is 17.3. The minimum absolute atomic E-state index is 0.0167. The fourth-order valence-electron chi connectivity index (χ4n) is 3.29. The largest absolute Gasteiger partial charge is 0.505 e. The van der Waals surface area contributed by atoms with Gasteiger partial charge in [0.15, 0.2) is 17.6 Å². The summed E-state index contributed by atoms with van der Waals surface area (Å²) < 4.78 is 37.1. The van der Waals surface area contributed by atoms with Crippen LogP contribution in [0, 0.1) is 5.92 Å². The highest BCUT2D eigenvalue weighted by Gasteiger charge is 2.41. The lowest BCUT2D eigenvalue weighted by atomic mass is 10.1. The highest BCUT2D eigenvalue weighted by atomic mass is 32.2. The van der Waals surface area contributed by atoms with E-state index in [-0.39, 0.29) is 40.6 Å². The average molecular weight is 432 g/mol. The molecule has 1 aliphatic carbocycles. The lowest BCUT2D eigenvalue weighted by Gasteiger charge is -2.15. The zero-order valence-electron chi connectivity index (χ0n) is 16.4. The summed E-state index contributed by atoms with van der Waals surface area (Å²) in [5.41, 5.74) is 0.237. The van der Waals surface area contributed by atoms with Gasteiger partial charge in [-0.2, -0.15) is 8.42 Å². The topological polar surface area (TPSA) is 141 Å². The van der Waals surface area contributed by atoms with Crippen LogP contribution in [0.3, 0.4) is 0 Å². The molecule has 0 bridgehead atoms. The first-order valence-electron chi connectivity index (χ1n) is 9.39. The van der Waals surface area contributed by atoms with Gasteiger partial charge in [0, 0.05) is 20.0 Å². The smallest absolute Gasteiger partial charge is 0.370 e. The van der Waals surface area contributed by atoms with Crippen molar-refractivity contribution in [3.63, 3.8) is 0 Å². The second-order valence-corrected chi connectivity index (χ2v) is 8.70. The molecule has 2 aliphatic rings. The molecule has 4 N–H and O–H groups in total. The normalized spacial score (nSPS) is 18.5. The number of phenols is 1. The van der Waals surface area contributed by atoms with Gasteiger partial charge in [0.25, 0.3) is 11.7 Å². The summed E-state index contributed by atoms with van der Waals surface area (Å²) in [7, 11) is -0.900. The first kappa shape index (κ1) is 20.1. The second kappa shape index (κ2) is 7.58. The average Bonchev–Trinajstić information content (AvgIpc) is 3.29. The van der Waals surface area contributed by atoms with Crippen molar-refractivity contribution in [1.29, 1.82) is 0 Å². The van der Waals surface area contributed by atoms with Crippen LogP contribution in [0.15, 0.2) is 49.8 Å². The standard InChI is InChI=1S/C19H21N5O5S/c1-24(2)19(26)12-5-3-6-13(16(12)25)20-17-18(23-30(27,28)22-17)21-15(11-8-9-11)14-7-4-10-29-14/h3-7,10-11,15,25H,8-9H2,1-2H3,(H,20,22)(H,21,23)/p+1. The molecule has 158 valence electrons. The molecule has 2 aromatic rings. The third kappa shape index (κ3) is 4.07. The van der Waals surface area contributed by atoms with Crippen molar-refractivity contribution < 1.29 is 28.1 Å². The third-order valence-electron chi connectivity index (χ3n) is 4.93. The van der Waals surface area contributed by atoms with Gasteiger partial charge >= 0.3 is 10.2 Å². The van der Waals surface area contributed by atoms with Crippen molar-refractivity contribution in [3.8, 4) is 5.75 Å². The van der Waals surface area contributed by atoms with Crippen molar-refractivity contribution in [2.24, 2.45) is 14.7 Å². The van der Waals surface area contributed by atoms with Crippen LogP contribution >= 0.6 is 0 Å². The Morgan fingerprint density at radius 2 is 2.03 bits per heavy atom. The molecule has 1 aromatic heterocycles. The molecule has 1 saturated carbocycles. The maximum Gasteiger partial charge on any atom is 0.370 e. The number of amides is 1. The molecule has 1 aromatic carbocycles. The van der Waals surface area contributed by atoms with Gasteiger partial charge in [-0.1, -0.05) is 10.5 Å². The van der Waals surface area contributed by atoms with Crippen LogP contribution in [0.1, 0.15) is 35.0 Å². The van der Waals surface area contributed by atoms with E-state index < -0.39 is 10.2 Å². The van der Waals surface area contributed by atoms with Crippen LogP contribution in [0.2, 0.25) is 0 Å². The van der Waals surface area contributed by atoms with Gasteiger partial charge in [-0.15, -0.1) is 4.40 Å². The Morgan fingerprint density at radius 3 is 2.67 bits per heavy atom. The number of anilines is 1. The van der Waals surface area contributed by atoms with Crippen molar-refractivity contribution in [2.45, 2.75) is 18.9 Å². The van der Waals surface area contributed by atoms with Crippen molar-refractivity contribution in [2.75, 3.05) is 19.4 Å². The van der Waals surface area contributed by atoms with Gasteiger partial charge in [-0.25, -0.2) is 0 Å². The highest BCUT2D eigenvalue weighted by molar-refractivity contribution is 7.89. The molecule has 30 heavy (non-hydrogen) atoms. The number of nitrogens with zero attached hydrogens (tertiary/aromatic N) is 3. The summed E-state index contributed by atoms with van der Waals surface area (Å²) in [6, 6.07) is 8.09. The molecule has 0 radical (unpaired) electrons. The molecule has 1 unspecified atom stereocenters. The van der Waals surface area contributed by atoms with E-state index in [2.05, 4.69) is 14.1 Å². The minimum atomic E-state index is -4.04. The predicted octanol–water partition coefficient (Wildman–Crippen LogP) is 0.869. The number of rotatable bonds is 5. The minimum Gasteiger partial charge on any atom is -0.505 e. The van der Waals surface area contributed by atoms with Gasteiger partial charge in [-0.05, 0) is 37.1 Å². The van der Waals surface area contributed by atoms with Crippen LogP contribution in [0.25, 0.3) is 0 Å². The van der Waals surface area contributed by atoms with Gasteiger partial charge in [0.05, 0.1) is 17.5 Å². The quantitative estimate of drug-likeness (QED) is 0.599. The van der Waals surface area contributed by atoms with E-state index in [9.17, 15) is 18.3 Å². The number of furan rings is 1. The van der Waals surface area contributed by atoms with Gasteiger partial charge in [-0.3, -0.25) is 10.1 Å². The number of aromatic hydroxyl groups is 1. The number of quaternary nitrogens is 1. The Labute approximate surface area is 173 Å². The summed E-state index contributed by atoms with van der Waals surface area (Å²) in [6.45, 7) is 0. The first-order chi connectivity index (χ1) is 14.2. The summed E-state index contributed by atoms with van der Waals surface area (Å²) in [6.07, 6.45) is 3.60. The zero-order chi connectivity index (χ0) is 21.5. The Hall–Kier alpha value is -3.18. The fourth-order valence-corrected chi connectivity index (χ4v) is 4.10. The number of carbonyl (C=O) groups excluding carboxylic acids is 1. The van der Waals surface area contributed by atoms with E-state index in [1.807, 2.05) is 6.07 Å². The molecule has 11 heteroatoms. The summed E-state index contributed by atoms with van der Waals surface area (Å²) in [4.78, 5) is 13.6. The number of amidine groups is 2. The number of nitrogens with two attached hydrogens (primary N) is 1. The monoisotopic (exact) mass is 432 g/mol.